The minimum atomic E-state index is 0.949. The maximum atomic E-state index is 3.12. The first-order valence-corrected chi connectivity index (χ1v) is 3.51. The molecule has 0 atom stereocenters. The molecule has 1 heterocycles. The first kappa shape index (κ1) is 7.35. The molecule has 0 amide bonds. The fourth-order valence-corrected chi connectivity index (χ4v) is 1.03. The molecule has 1 rings (SSSR count). The molecule has 1 aromatic heterocycles. The van der Waals surface area contributed by atoms with Gasteiger partial charge in [-0.2, -0.15) is 0 Å². The van der Waals surface area contributed by atoms with Crippen molar-refractivity contribution in [2.75, 3.05) is 7.05 Å². The van der Waals surface area contributed by atoms with Crippen LogP contribution in [0.1, 0.15) is 11.4 Å². The molecule has 0 saturated carbocycles. The van der Waals surface area contributed by atoms with Gasteiger partial charge in [-0.3, -0.25) is 0 Å². The van der Waals surface area contributed by atoms with Crippen molar-refractivity contribution in [2.24, 2.45) is 7.05 Å². The van der Waals surface area contributed by atoms with E-state index in [-0.39, 0.29) is 0 Å². The molecule has 0 spiro atoms. The lowest BCUT2D eigenvalue weighted by Crippen LogP contribution is -2.09. The van der Waals surface area contributed by atoms with Gasteiger partial charge in [0.2, 0.25) is 0 Å². The van der Waals surface area contributed by atoms with Gasteiger partial charge in [0.05, 0.1) is 0 Å². The molecule has 0 aliphatic carbocycles. The maximum Gasteiger partial charge on any atom is 0.0356 e. The van der Waals surface area contributed by atoms with Gasteiger partial charge in [0, 0.05) is 25.0 Å². The van der Waals surface area contributed by atoms with Gasteiger partial charge in [0.15, 0.2) is 0 Å². The Morgan fingerprint density at radius 2 is 2.20 bits per heavy atom. The summed E-state index contributed by atoms with van der Waals surface area (Å²) in [4.78, 5) is 0. The van der Waals surface area contributed by atoms with Crippen LogP contribution >= 0.6 is 0 Å². The monoisotopic (exact) mass is 138 g/mol. The number of aryl methyl sites for hydroxylation is 1. The van der Waals surface area contributed by atoms with Crippen LogP contribution in [0.15, 0.2) is 12.1 Å². The Bertz CT molecular complexity index is 213. The zero-order valence-corrected chi connectivity index (χ0v) is 6.81. The molecule has 0 saturated heterocycles. The highest BCUT2D eigenvalue weighted by atomic mass is 15.0. The second-order valence-electron chi connectivity index (χ2n) is 2.56. The van der Waals surface area contributed by atoms with Crippen molar-refractivity contribution < 1.29 is 0 Å². The number of nitrogens with one attached hydrogen (secondary N) is 1. The molecule has 0 bridgehead atoms. The first-order valence-electron chi connectivity index (χ1n) is 3.51. The van der Waals surface area contributed by atoms with E-state index in [2.05, 4.69) is 36.0 Å². The van der Waals surface area contributed by atoms with Crippen LogP contribution in [-0.4, -0.2) is 11.6 Å². The minimum absolute atomic E-state index is 0.949. The molecule has 0 aromatic carbocycles. The molecule has 0 radical (unpaired) electrons. The number of hydrogen-bond acceptors (Lipinski definition) is 1. The van der Waals surface area contributed by atoms with Crippen LogP contribution in [-0.2, 0) is 13.6 Å². The summed E-state index contributed by atoms with van der Waals surface area (Å²) in [6.45, 7) is 3.06. The largest absolute Gasteiger partial charge is 0.351 e. The highest BCUT2D eigenvalue weighted by Gasteiger charge is 1.97. The quantitative estimate of drug-likeness (QED) is 0.646. The third-order valence-electron chi connectivity index (χ3n) is 1.83. The molecule has 56 valence electrons. The predicted molar refractivity (Wildman–Crippen MR) is 42.9 cm³/mol. The fraction of sp³-hybridized carbons (Fsp3) is 0.500. The number of aromatic nitrogens is 1. The third kappa shape index (κ3) is 1.21. The molecule has 0 aliphatic heterocycles. The molecule has 0 fully saturated rings. The van der Waals surface area contributed by atoms with Crippen molar-refractivity contribution in [1.82, 2.24) is 9.88 Å². The Morgan fingerprint density at radius 3 is 2.60 bits per heavy atom. The molecule has 1 N–H and O–H groups in total. The van der Waals surface area contributed by atoms with E-state index in [4.69, 9.17) is 0 Å². The number of hydrogen-bond donors (Lipinski definition) is 1. The van der Waals surface area contributed by atoms with Crippen molar-refractivity contribution in [3.05, 3.63) is 23.5 Å². The van der Waals surface area contributed by atoms with Gasteiger partial charge in [0.25, 0.3) is 0 Å². The third-order valence-corrected chi connectivity index (χ3v) is 1.83. The molecule has 1 aromatic rings. The van der Waals surface area contributed by atoms with E-state index in [0.717, 1.165) is 6.54 Å². The van der Waals surface area contributed by atoms with Crippen molar-refractivity contribution in [3.8, 4) is 0 Å². The Balaban J connectivity index is 2.83. The van der Waals surface area contributed by atoms with Crippen LogP contribution < -0.4 is 5.32 Å². The lowest BCUT2D eigenvalue weighted by Gasteiger charge is -2.02. The maximum absolute atomic E-state index is 3.12. The van der Waals surface area contributed by atoms with Crippen molar-refractivity contribution in [2.45, 2.75) is 13.5 Å². The van der Waals surface area contributed by atoms with E-state index in [9.17, 15) is 0 Å². The Morgan fingerprint density at radius 1 is 1.50 bits per heavy atom. The van der Waals surface area contributed by atoms with E-state index in [1.165, 1.54) is 11.4 Å². The van der Waals surface area contributed by atoms with E-state index in [1.54, 1.807) is 0 Å². The zero-order chi connectivity index (χ0) is 7.56. The molecule has 0 unspecified atom stereocenters. The average Bonchev–Trinajstić information content (AvgIpc) is 2.20. The molecule has 10 heavy (non-hydrogen) atoms. The summed E-state index contributed by atoms with van der Waals surface area (Å²) >= 11 is 0. The van der Waals surface area contributed by atoms with Gasteiger partial charge in [-0.05, 0) is 26.1 Å². The minimum Gasteiger partial charge on any atom is -0.351 e. The van der Waals surface area contributed by atoms with Crippen LogP contribution in [0.25, 0.3) is 0 Å². The topological polar surface area (TPSA) is 17.0 Å². The van der Waals surface area contributed by atoms with Gasteiger partial charge in [0.1, 0.15) is 0 Å². The summed E-state index contributed by atoms with van der Waals surface area (Å²) in [5, 5.41) is 3.12. The highest BCUT2D eigenvalue weighted by molar-refractivity contribution is 5.14. The lowest BCUT2D eigenvalue weighted by atomic mass is 10.4. The molecular formula is C8H14N2. The van der Waals surface area contributed by atoms with Crippen LogP contribution in [0.2, 0.25) is 0 Å². The second-order valence-corrected chi connectivity index (χ2v) is 2.56. The Kier molecular flexibility index (Phi) is 2.12. The van der Waals surface area contributed by atoms with Crippen molar-refractivity contribution >= 4 is 0 Å². The van der Waals surface area contributed by atoms with Crippen LogP contribution in [0.5, 0.6) is 0 Å². The van der Waals surface area contributed by atoms with Crippen molar-refractivity contribution in [1.29, 1.82) is 0 Å². The standard InChI is InChI=1S/C8H14N2/c1-7-4-5-8(6-9-2)10(7)3/h4-5,9H,6H2,1-3H3. The predicted octanol–water partition coefficient (Wildman–Crippen LogP) is 1.05. The number of rotatable bonds is 2. The van der Waals surface area contributed by atoms with Gasteiger partial charge < -0.3 is 9.88 Å². The number of nitrogens with zero attached hydrogens (tertiary/aromatic N) is 1. The van der Waals surface area contributed by atoms with Gasteiger partial charge >= 0.3 is 0 Å². The summed E-state index contributed by atoms with van der Waals surface area (Å²) in [5.74, 6) is 0. The average molecular weight is 138 g/mol. The van der Waals surface area contributed by atoms with Crippen LogP contribution in [0.4, 0.5) is 0 Å². The summed E-state index contributed by atoms with van der Waals surface area (Å²) < 4.78 is 2.19. The molecule has 2 nitrogen and oxygen atoms in total. The molecule has 0 aliphatic rings. The normalized spacial score (nSPS) is 10.3. The zero-order valence-electron chi connectivity index (χ0n) is 6.81. The Hall–Kier alpha value is -0.760. The SMILES string of the molecule is CNCc1ccc(C)n1C. The van der Waals surface area contributed by atoms with Gasteiger partial charge in [-0.1, -0.05) is 0 Å². The van der Waals surface area contributed by atoms with Crippen LogP contribution in [0, 0.1) is 6.92 Å². The Labute approximate surface area is 61.9 Å². The molecular weight excluding hydrogens is 124 g/mol. The van der Waals surface area contributed by atoms with Crippen LogP contribution in [0.3, 0.4) is 0 Å². The highest BCUT2D eigenvalue weighted by Crippen LogP contribution is 2.04. The van der Waals surface area contributed by atoms with E-state index < -0.39 is 0 Å². The van der Waals surface area contributed by atoms with E-state index in [1.807, 2.05) is 7.05 Å². The first-order chi connectivity index (χ1) is 4.75. The van der Waals surface area contributed by atoms with Crippen molar-refractivity contribution in [3.63, 3.8) is 0 Å². The summed E-state index contributed by atoms with van der Waals surface area (Å²) in [5.41, 5.74) is 2.64. The van der Waals surface area contributed by atoms with E-state index >= 15 is 0 Å². The van der Waals surface area contributed by atoms with Gasteiger partial charge in [-0.15, -0.1) is 0 Å². The lowest BCUT2D eigenvalue weighted by molar-refractivity contribution is 0.723. The summed E-state index contributed by atoms with van der Waals surface area (Å²) in [6, 6.07) is 4.28. The summed E-state index contributed by atoms with van der Waals surface area (Å²) in [6.07, 6.45) is 0. The molecule has 2 heteroatoms. The summed E-state index contributed by atoms with van der Waals surface area (Å²) in [7, 11) is 4.05. The fourth-order valence-electron chi connectivity index (χ4n) is 1.03. The van der Waals surface area contributed by atoms with E-state index in [0.29, 0.717) is 0 Å². The smallest absolute Gasteiger partial charge is 0.0356 e. The van der Waals surface area contributed by atoms with Gasteiger partial charge in [-0.25, -0.2) is 0 Å². The second kappa shape index (κ2) is 2.88.